The summed E-state index contributed by atoms with van der Waals surface area (Å²) >= 11 is 7.70. The first-order valence-corrected chi connectivity index (χ1v) is 10.8. The zero-order chi connectivity index (χ0) is 21.5. The van der Waals surface area contributed by atoms with Crippen LogP contribution in [-0.4, -0.2) is 29.8 Å². The second-order valence-electron chi connectivity index (χ2n) is 7.14. The summed E-state index contributed by atoms with van der Waals surface area (Å²) in [6, 6.07) is 13.2. The van der Waals surface area contributed by atoms with Crippen LogP contribution in [0, 0.1) is 5.92 Å². The third kappa shape index (κ3) is 5.93. The quantitative estimate of drug-likeness (QED) is 0.472. The van der Waals surface area contributed by atoms with Gasteiger partial charge in [0.1, 0.15) is 5.01 Å². The van der Waals surface area contributed by atoms with Crippen molar-refractivity contribution in [3.63, 3.8) is 0 Å². The monoisotopic (exact) mass is 445 g/mol. The first-order valence-electron chi connectivity index (χ1n) is 9.64. The van der Waals surface area contributed by atoms with Crippen LogP contribution in [0.1, 0.15) is 41.2 Å². The predicted octanol–water partition coefficient (Wildman–Crippen LogP) is 5.47. The largest absolute Gasteiger partial charge is 0.493 e. The molecule has 1 amide bonds. The number of methoxy groups -OCH3 is 1. The highest BCUT2D eigenvalue weighted by Crippen LogP contribution is 2.37. The Bertz CT molecular complexity index is 993. The molecule has 6 nitrogen and oxygen atoms in total. The van der Waals surface area contributed by atoms with Gasteiger partial charge in [0.25, 0.3) is 5.91 Å². The average Bonchev–Trinajstić information content (AvgIpc) is 3.16. The molecule has 3 aromatic rings. The molecule has 8 heteroatoms. The molecule has 0 aliphatic carbocycles. The number of carbonyl (C=O) groups excluding carboxylic acids is 1. The molecule has 158 valence electrons. The number of hydrogen-bond acceptors (Lipinski definition) is 6. The molecular formula is C22H24ClN3O3S. The normalized spacial score (nSPS) is 10.8. The molecule has 0 bridgehead atoms. The summed E-state index contributed by atoms with van der Waals surface area (Å²) in [4.78, 5) is 12.7. The first-order chi connectivity index (χ1) is 14.5. The maximum atomic E-state index is 12.7. The van der Waals surface area contributed by atoms with Crippen LogP contribution in [0.2, 0.25) is 5.02 Å². The number of rotatable bonds is 9. The van der Waals surface area contributed by atoms with Gasteiger partial charge in [0, 0.05) is 12.0 Å². The average molecular weight is 446 g/mol. The number of hydrogen-bond donors (Lipinski definition) is 1. The van der Waals surface area contributed by atoms with Crippen molar-refractivity contribution < 1.29 is 14.3 Å². The van der Waals surface area contributed by atoms with Crippen LogP contribution >= 0.6 is 22.9 Å². The highest BCUT2D eigenvalue weighted by atomic mass is 35.5. The second-order valence-corrected chi connectivity index (χ2v) is 8.61. The van der Waals surface area contributed by atoms with E-state index in [0.717, 1.165) is 17.0 Å². The summed E-state index contributed by atoms with van der Waals surface area (Å²) in [6.45, 7) is 4.76. The number of carbonyl (C=O) groups is 1. The van der Waals surface area contributed by atoms with Gasteiger partial charge in [-0.2, -0.15) is 0 Å². The zero-order valence-electron chi connectivity index (χ0n) is 17.1. The molecular weight excluding hydrogens is 422 g/mol. The maximum absolute atomic E-state index is 12.7. The lowest BCUT2D eigenvalue weighted by molar-refractivity contribution is 0.102. The Balaban J connectivity index is 1.68. The second kappa shape index (κ2) is 10.4. The molecule has 1 aromatic heterocycles. The van der Waals surface area contributed by atoms with Gasteiger partial charge in [-0.25, -0.2) is 0 Å². The molecule has 30 heavy (non-hydrogen) atoms. The molecule has 0 aliphatic rings. The number of benzene rings is 2. The van der Waals surface area contributed by atoms with E-state index in [1.165, 1.54) is 18.4 Å². The molecule has 0 aliphatic heterocycles. The van der Waals surface area contributed by atoms with Crippen LogP contribution in [0.3, 0.4) is 0 Å². The van der Waals surface area contributed by atoms with Crippen LogP contribution in [-0.2, 0) is 6.42 Å². The number of ether oxygens (including phenoxy) is 2. The van der Waals surface area contributed by atoms with E-state index in [-0.39, 0.29) is 5.91 Å². The minimum Gasteiger partial charge on any atom is -0.493 e. The van der Waals surface area contributed by atoms with E-state index in [1.54, 1.807) is 12.1 Å². The lowest BCUT2D eigenvalue weighted by Gasteiger charge is -2.14. The summed E-state index contributed by atoms with van der Waals surface area (Å²) in [5.74, 6) is 1.03. The van der Waals surface area contributed by atoms with E-state index in [1.807, 2.05) is 30.3 Å². The summed E-state index contributed by atoms with van der Waals surface area (Å²) < 4.78 is 11.2. The molecule has 0 radical (unpaired) electrons. The fraction of sp³-hybridized carbons (Fsp3) is 0.318. The lowest BCUT2D eigenvalue weighted by atomic mass is 10.1. The zero-order valence-corrected chi connectivity index (χ0v) is 18.7. The van der Waals surface area contributed by atoms with Gasteiger partial charge in [-0.05, 0) is 30.0 Å². The third-order valence-corrected chi connectivity index (χ3v) is 5.44. The topological polar surface area (TPSA) is 73.3 Å². The Hall–Kier alpha value is -2.64. The molecule has 0 unspecified atom stereocenters. The predicted molar refractivity (Wildman–Crippen MR) is 120 cm³/mol. The molecule has 0 saturated carbocycles. The standard InChI is InChI=1S/C22H24ClN3O3S/c1-14(2)9-10-29-20-17(23)12-16(13-18(20)28-3)21(27)24-22-26-25-19(30-22)11-15-7-5-4-6-8-15/h4-8,12-14H,9-11H2,1-3H3,(H,24,26,27). The highest BCUT2D eigenvalue weighted by molar-refractivity contribution is 7.15. The molecule has 2 aromatic carbocycles. The fourth-order valence-electron chi connectivity index (χ4n) is 2.70. The molecule has 3 rings (SSSR count). The Labute approximate surface area is 185 Å². The maximum Gasteiger partial charge on any atom is 0.257 e. The lowest BCUT2D eigenvalue weighted by Crippen LogP contribution is -2.12. The van der Waals surface area contributed by atoms with Crippen molar-refractivity contribution in [1.29, 1.82) is 0 Å². The smallest absolute Gasteiger partial charge is 0.257 e. The minimum atomic E-state index is -0.341. The van der Waals surface area contributed by atoms with E-state index in [0.29, 0.717) is 46.2 Å². The van der Waals surface area contributed by atoms with E-state index >= 15 is 0 Å². The SMILES string of the molecule is COc1cc(C(=O)Nc2nnc(Cc3ccccc3)s2)cc(Cl)c1OCCC(C)C. The van der Waals surface area contributed by atoms with Gasteiger partial charge in [0.15, 0.2) is 11.5 Å². The van der Waals surface area contributed by atoms with Crippen molar-refractivity contribution in [1.82, 2.24) is 10.2 Å². The Kier molecular flexibility index (Phi) is 7.65. The fourth-order valence-corrected chi connectivity index (χ4v) is 3.74. The Morgan fingerprint density at radius 3 is 2.67 bits per heavy atom. The molecule has 0 atom stereocenters. The Morgan fingerprint density at radius 2 is 1.97 bits per heavy atom. The van der Waals surface area contributed by atoms with E-state index in [9.17, 15) is 4.79 Å². The van der Waals surface area contributed by atoms with Gasteiger partial charge in [0.05, 0.1) is 18.7 Å². The molecule has 1 N–H and O–H groups in total. The van der Waals surface area contributed by atoms with Crippen molar-refractivity contribution >= 4 is 34.0 Å². The molecule has 0 saturated heterocycles. The van der Waals surface area contributed by atoms with Gasteiger partial charge in [-0.3, -0.25) is 10.1 Å². The van der Waals surface area contributed by atoms with Crippen molar-refractivity contribution in [3.05, 3.63) is 63.6 Å². The van der Waals surface area contributed by atoms with Crippen molar-refractivity contribution in [2.45, 2.75) is 26.7 Å². The van der Waals surface area contributed by atoms with Gasteiger partial charge in [0.2, 0.25) is 5.13 Å². The number of amides is 1. The van der Waals surface area contributed by atoms with Crippen LogP contribution in [0.4, 0.5) is 5.13 Å². The van der Waals surface area contributed by atoms with E-state index in [2.05, 4.69) is 29.4 Å². The molecule has 0 fully saturated rings. The number of anilines is 1. The summed E-state index contributed by atoms with van der Waals surface area (Å²) in [5.41, 5.74) is 1.49. The van der Waals surface area contributed by atoms with Crippen molar-refractivity contribution in [3.8, 4) is 11.5 Å². The highest BCUT2D eigenvalue weighted by Gasteiger charge is 2.17. The number of aromatic nitrogens is 2. The number of nitrogens with zero attached hydrogens (tertiary/aromatic N) is 2. The third-order valence-electron chi connectivity index (χ3n) is 4.32. The Morgan fingerprint density at radius 1 is 1.20 bits per heavy atom. The van der Waals surface area contributed by atoms with Gasteiger partial charge >= 0.3 is 0 Å². The summed E-state index contributed by atoms with van der Waals surface area (Å²) in [7, 11) is 1.52. The van der Waals surface area contributed by atoms with Gasteiger partial charge in [-0.1, -0.05) is 67.1 Å². The number of halogens is 1. The van der Waals surface area contributed by atoms with Gasteiger partial charge < -0.3 is 9.47 Å². The molecule has 1 heterocycles. The van der Waals surface area contributed by atoms with Crippen molar-refractivity contribution in [2.75, 3.05) is 19.0 Å². The minimum absolute atomic E-state index is 0.324. The van der Waals surface area contributed by atoms with Crippen LogP contribution in [0.25, 0.3) is 0 Å². The summed E-state index contributed by atoms with van der Waals surface area (Å²) in [5, 5.41) is 12.6. The van der Waals surface area contributed by atoms with Crippen LogP contribution in [0.15, 0.2) is 42.5 Å². The first kappa shape index (κ1) is 22.1. The summed E-state index contributed by atoms with van der Waals surface area (Å²) in [6.07, 6.45) is 1.56. The van der Waals surface area contributed by atoms with Crippen LogP contribution in [0.5, 0.6) is 11.5 Å². The van der Waals surface area contributed by atoms with E-state index < -0.39 is 0 Å². The van der Waals surface area contributed by atoms with Crippen LogP contribution < -0.4 is 14.8 Å². The number of nitrogens with one attached hydrogen (secondary N) is 1. The van der Waals surface area contributed by atoms with Crippen molar-refractivity contribution in [2.24, 2.45) is 5.92 Å². The molecule has 0 spiro atoms. The van der Waals surface area contributed by atoms with Gasteiger partial charge in [-0.15, -0.1) is 10.2 Å². The van der Waals surface area contributed by atoms with E-state index in [4.69, 9.17) is 21.1 Å².